The summed E-state index contributed by atoms with van der Waals surface area (Å²) in [4.78, 5) is 24.3. The van der Waals surface area contributed by atoms with Gasteiger partial charge in [-0.05, 0) is 36.4 Å². The molecule has 0 heterocycles. The van der Waals surface area contributed by atoms with Gasteiger partial charge >= 0.3 is 0 Å². The monoisotopic (exact) mass is 300 g/mol. The number of nitrogens with zero attached hydrogens (tertiary/aromatic N) is 2. The maximum absolute atomic E-state index is 12.1. The van der Waals surface area contributed by atoms with Crippen LogP contribution in [0.4, 0.5) is 22.7 Å². The third-order valence-corrected chi connectivity index (χ3v) is 3.13. The third kappa shape index (κ3) is 3.32. The fraction of sp³-hybridized carbons (Fsp3) is 0.133. The Morgan fingerprint density at radius 2 is 1.82 bits per heavy atom. The van der Waals surface area contributed by atoms with Crippen molar-refractivity contribution in [1.82, 2.24) is 0 Å². The zero-order valence-electron chi connectivity index (χ0n) is 12.2. The molecule has 0 aliphatic heterocycles. The van der Waals surface area contributed by atoms with Crippen LogP contribution in [0, 0.1) is 10.1 Å². The number of nitrogens with one attached hydrogen (secondary N) is 1. The maximum Gasteiger partial charge on any atom is 0.292 e. The van der Waals surface area contributed by atoms with Gasteiger partial charge in [-0.3, -0.25) is 14.9 Å². The molecule has 2 aromatic rings. The van der Waals surface area contributed by atoms with Crippen molar-refractivity contribution < 1.29 is 9.72 Å². The standard InChI is InChI=1S/C15H16N4O3/c1-18(2)12-6-4-11(5-7-12)17-15(20)10-3-8-13(16)14(9-10)19(21)22/h3-9H,16H2,1-2H3,(H,17,20). The van der Waals surface area contributed by atoms with Gasteiger partial charge in [-0.25, -0.2) is 0 Å². The topological polar surface area (TPSA) is 102 Å². The number of nitrogens with two attached hydrogens (primary N) is 1. The van der Waals surface area contributed by atoms with E-state index in [2.05, 4.69) is 5.32 Å². The number of amides is 1. The minimum atomic E-state index is -0.613. The molecule has 0 aromatic heterocycles. The average molecular weight is 300 g/mol. The fourth-order valence-electron chi connectivity index (χ4n) is 1.89. The summed E-state index contributed by atoms with van der Waals surface area (Å²) in [6, 6.07) is 11.2. The Morgan fingerprint density at radius 1 is 1.18 bits per heavy atom. The first kappa shape index (κ1) is 15.3. The molecule has 0 unspecified atom stereocenters. The number of nitro groups is 1. The third-order valence-electron chi connectivity index (χ3n) is 3.13. The lowest BCUT2D eigenvalue weighted by Gasteiger charge is -2.13. The first-order valence-corrected chi connectivity index (χ1v) is 6.51. The molecule has 114 valence electrons. The van der Waals surface area contributed by atoms with E-state index in [0.717, 1.165) is 5.69 Å². The summed E-state index contributed by atoms with van der Waals surface area (Å²) in [5.41, 5.74) is 7.04. The Morgan fingerprint density at radius 3 is 2.36 bits per heavy atom. The predicted octanol–water partition coefficient (Wildman–Crippen LogP) is 2.50. The van der Waals surface area contributed by atoms with Crippen molar-refractivity contribution >= 4 is 28.7 Å². The van der Waals surface area contributed by atoms with Gasteiger partial charge < -0.3 is 16.0 Å². The van der Waals surface area contributed by atoms with Crippen LogP contribution < -0.4 is 16.0 Å². The van der Waals surface area contributed by atoms with Crippen LogP contribution in [0.2, 0.25) is 0 Å². The zero-order chi connectivity index (χ0) is 16.3. The maximum atomic E-state index is 12.1. The highest BCUT2D eigenvalue weighted by Gasteiger charge is 2.15. The highest BCUT2D eigenvalue weighted by Crippen LogP contribution is 2.23. The molecule has 7 nitrogen and oxygen atoms in total. The van der Waals surface area contributed by atoms with Crippen LogP contribution in [0.25, 0.3) is 0 Å². The second kappa shape index (κ2) is 6.13. The summed E-state index contributed by atoms with van der Waals surface area (Å²) in [6.07, 6.45) is 0. The van der Waals surface area contributed by atoms with E-state index < -0.39 is 10.8 Å². The second-order valence-electron chi connectivity index (χ2n) is 4.93. The number of rotatable bonds is 4. The van der Waals surface area contributed by atoms with Crippen molar-refractivity contribution in [2.24, 2.45) is 0 Å². The van der Waals surface area contributed by atoms with Crippen LogP contribution in [-0.4, -0.2) is 24.9 Å². The zero-order valence-corrected chi connectivity index (χ0v) is 12.2. The molecule has 0 atom stereocenters. The van der Waals surface area contributed by atoms with E-state index in [9.17, 15) is 14.9 Å². The molecular weight excluding hydrogens is 284 g/mol. The van der Waals surface area contributed by atoms with Gasteiger partial charge in [0.1, 0.15) is 5.69 Å². The van der Waals surface area contributed by atoms with E-state index >= 15 is 0 Å². The molecule has 2 rings (SSSR count). The van der Waals surface area contributed by atoms with Crippen LogP contribution >= 0.6 is 0 Å². The molecule has 2 aromatic carbocycles. The summed E-state index contributed by atoms with van der Waals surface area (Å²) in [5, 5.41) is 13.5. The van der Waals surface area contributed by atoms with E-state index in [1.54, 1.807) is 12.1 Å². The number of nitro benzene ring substituents is 1. The lowest BCUT2D eigenvalue weighted by Crippen LogP contribution is -2.13. The van der Waals surface area contributed by atoms with Crippen LogP contribution in [0.3, 0.4) is 0 Å². The van der Waals surface area contributed by atoms with Crippen molar-refractivity contribution in [2.45, 2.75) is 0 Å². The molecular formula is C15H16N4O3. The largest absolute Gasteiger partial charge is 0.393 e. The number of anilines is 3. The minimum absolute atomic E-state index is 0.0249. The number of carbonyl (C=O) groups is 1. The normalized spacial score (nSPS) is 10.1. The predicted molar refractivity (Wildman–Crippen MR) is 86.2 cm³/mol. The van der Waals surface area contributed by atoms with Gasteiger partial charge in [0.15, 0.2) is 0 Å². The van der Waals surface area contributed by atoms with Crippen LogP contribution in [-0.2, 0) is 0 Å². The van der Waals surface area contributed by atoms with Crippen molar-refractivity contribution in [3.8, 4) is 0 Å². The van der Waals surface area contributed by atoms with Gasteiger partial charge in [-0.15, -0.1) is 0 Å². The molecule has 0 saturated carbocycles. The van der Waals surface area contributed by atoms with Gasteiger partial charge in [-0.2, -0.15) is 0 Å². The molecule has 0 bridgehead atoms. The quantitative estimate of drug-likeness (QED) is 0.513. The Labute approximate surface area is 127 Å². The molecule has 7 heteroatoms. The summed E-state index contributed by atoms with van der Waals surface area (Å²) >= 11 is 0. The SMILES string of the molecule is CN(C)c1ccc(NC(=O)c2ccc(N)c([N+](=O)[O-])c2)cc1. The minimum Gasteiger partial charge on any atom is -0.393 e. The molecule has 22 heavy (non-hydrogen) atoms. The van der Waals surface area contributed by atoms with Gasteiger partial charge in [0.25, 0.3) is 11.6 Å². The molecule has 0 saturated heterocycles. The van der Waals surface area contributed by atoms with Crippen molar-refractivity contribution in [2.75, 3.05) is 30.0 Å². The van der Waals surface area contributed by atoms with E-state index in [4.69, 9.17) is 5.73 Å². The smallest absolute Gasteiger partial charge is 0.292 e. The van der Waals surface area contributed by atoms with Crippen molar-refractivity contribution in [3.05, 3.63) is 58.1 Å². The summed E-state index contributed by atoms with van der Waals surface area (Å²) in [7, 11) is 3.84. The van der Waals surface area contributed by atoms with E-state index in [1.165, 1.54) is 18.2 Å². The highest BCUT2D eigenvalue weighted by molar-refractivity contribution is 6.05. The number of carbonyl (C=O) groups excluding carboxylic acids is 1. The van der Waals surface area contributed by atoms with Crippen LogP contribution in [0.15, 0.2) is 42.5 Å². The highest BCUT2D eigenvalue weighted by atomic mass is 16.6. The van der Waals surface area contributed by atoms with Gasteiger partial charge in [0.2, 0.25) is 0 Å². The fourth-order valence-corrected chi connectivity index (χ4v) is 1.89. The number of hydrogen-bond donors (Lipinski definition) is 2. The van der Waals surface area contributed by atoms with Crippen molar-refractivity contribution in [1.29, 1.82) is 0 Å². The van der Waals surface area contributed by atoms with Crippen LogP contribution in [0.5, 0.6) is 0 Å². The molecule has 1 amide bonds. The molecule has 3 N–H and O–H groups in total. The molecule has 0 aliphatic carbocycles. The molecule has 0 radical (unpaired) electrons. The number of benzene rings is 2. The molecule has 0 aliphatic rings. The Bertz CT molecular complexity index is 711. The summed E-state index contributed by atoms with van der Waals surface area (Å²) < 4.78 is 0. The summed E-state index contributed by atoms with van der Waals surface area (Å²) in [6.45, 7) is 0. The Hall–Kier alpha value is -3.09. The lowest BCUT2D eigenvalue weighted by atomic mass is 10.1. The van der Waals surface area contributed by atoms with E-state index in [1.807, 2.05) is 31.1 Å². The van der Waals surface area contributed by atoms with Crippen molar-refractivity contribution in [3.63, 3.8) is 0 Å². The Balaban J connectivity index is 2.18. The van der Waals surface area contributed by atoms with Gasteiger partial charge in [-0.1, -0.05) is 0 Å². The number of hydrogen-bond acceptors (Lipinski definition) is 5. The van der Waals surface area contributed by atoms with E-state index in [-0.39, 0.29) is 16.9 Å². The van der Waals surface area contributed by atoms with Crippen LogP contribution in [0.1, 0.15) is 10.4 Å². The first-order valence-electron chi connectivity index (χ1n) is 6.51. The molecule has 0 fully saturated rings. The van der Waals surface area contributed by atoms with Gasteiger partial charge in [0.05, 0.1) is 4.92 Å². The second-order valence-corrected chi connectivity index (χ2v) is 4.93. The van der Waals surface area contributed by atoms with Gasteiger partial charge in [0, 0.05) is 37.1 Å². The molecule has 0 spiro atoms. The number of nitrogen functional groups attached to an aromatic ring is 1. The summed E-state index contributed by atoms with van der Waals surface area (Å²) in [5.74, 6) is -0.430. The lowest BCUT2D eigenvalue weighted by molar-refractivity contribution is -0.383. The van der Waals surface area contributed by atoms with E-state index in [0.29, 0.717) is 5.69 Å². The average Bonchev–Trinajstić information content (AvgIpc) is 2.47. The first-order chi connectivity index (χ1) is 10.4. The Kier molecular flexibility index (Phi) is 4.26.